The largest absolute Gasteiger partial charge is 0.349 e. The molecule has 0 aliphatic heterocycles. The summed E-state index contributed by atoms with van der Waals surface area (Å²) in [5.41, 5.74) is 2.02. The van der Waals surface area contributed by atoms with Crippen molar-refractivity contribution in [1.29, 1.82) is 0 Å². The molecule has 1 aliphatic carbocycles. The molecular weight excluding hydrogens is 360 g/mol. The lowest BCUT2D eigenvalue weighted by molar-refractivity contribution is -0.111. The van der Waals surface area contributed by atoms with E-state index < -0.39 is 0 Å². The maximum absolute atomic E-state index is 12.3. The van der Waals surface area contributed by atoms with Gasteiger partial charge in [-0.25, -0.2) is 0 Å². The van der Waals surface area contributed by atoms with Crippen LogP contribution in [0, 0.1) is 0 Å². The van der Waals surface area contributed by atoms with Crippen molar-refractivity contribution in [3.05, 3.63) is 70.8 Å². The van der Waals surface area contributed by atoms with E-state index in [-0.39, 0.29) is 17.9 Å². The highest BCUT2D eigenvalue weighted by molar-refractivity contribution is 6.32. The number of nitrogens with one attached hydrogen (secondary N) is 2. The summed E-state index contributed by atoms with van der Waals surface area (Å²) in [5.74, 6) is -0.312. The second-order valence-corrected chi connectivity index (χ2v) is 7.14. The summed E-state index contributed by atoms with van der Waals surface area (Å²) in [5, 5.41) is 6.46. The van der Waals surface area contributed by atoms with Crippen molar-refractivity contribution in [2.75, 3.05) is 5.32 Å². The van der Waals surface area contributed by atoms with E-state index >= 15 is 0 Å². The van der Waals surface area contributed by atoms with Gasteiger partial charge in [-0.1, -0.05) is 49.1 Å². The number of benzene rings is 2. The zero-order valence-corrected chi connectivity index (χ0v) is 15.8. The number of hydrogen-bond donors (Lipinski definition) is 2. The van der Waals surface area contributed by atoms with Crippen LogP contribution >= 0.6 is 11.6 Å². The van der Waals surface area contributed by atoms with Gasteiger partial charge in [0.05, 0.1) is 0 Å². The molecule has 3 rings (SSSR count). The Labute approximate surface area is 164 Å². The Balaban J connectivity index is 1.54. The Hall–Kier alpha value is -2.59. The molecule has 2 aromatic carbocycles. The summed E-state index contributed by atoms with van der Waals surface area (Å²) in [6.45, 7) is 0. The minimum Gasteiger partial charge on any atom is -0.349 e. The number of carbonyl (C=O) groups is 2. The highest BCUT2D eigenvalue weighted by Gasteiger charge is 2.16. The number of carbonyl (C=O) groups excluding carboxylic acids is 2. The van der Waals surface area contributed by atoms with Crippen molar-refractivity contribution in [2.24, 2.45) is 0 Å². The van der Waals surface area contributed by atoms with Gasteiger partial charge in [-0.2, -0.15) is 0 Å². The van der Waals surface area contributed by atoms with Gasteiger partial charge >= 0.3 is 0 Å². The van der Waals surface area contributed by atoms with Crippen LogP contribution in [0.25, 0.3) is 6.08 Å². The van der Waals surface area contributed by atoms with Crippen LogP contribution < -0.4 is 10.6 Å². The second-order valence-electron chi connectivity index (χ2n) is 6.73. The quantitative estimate of drug-likeness (QED) is 0.710. The molecule has 0 unspecified atom stereocenters. The van der Waals surface area contributed by atoms with E-state index in [1.807, 2.05) is 18.2 Å². The standard InChI is InChI=1S/C22H23ClN2O2/c23-20-9-5-4-6-16(20)12-15-21(26)24-19-13-10-17(11-14-19)22(27)25-18-7-2-1-3-8-18/h4-6,9-15,18H,1-3,7-8H2,(H,24,26)(H,25,27)/b15-12+. The highest BCUT2D eigenvalue weighted by atomic mass is 35.5. The summed E-state index contributed by atoms with van der Waals surface area (Å²) in [7, 11) is 0. The van der Waals surface area contributed by atoms with E-state index in [1.165, 1.54) is 25.3 Å². The zero-order chi connectivity index (χ0) is 19.1. The first-order chi connectivity index (χ1) is 13.1. The third kappa shape index (κ3) is 5.69. The average molecular weight is 383 g/mol. The summed E-state index contributed by atoms with van der Waals surface area (Å²) in [6.07, 6.45) is 8.82. The molecule has 0 saturated heterocycles. The van der Waals surface area contributed by atoms with Gasteiger partial charge in [0.2, 0.25) is 5.91 Å². The third-order valence-electron chi connectivity index (χ3n) is 4.67. The number of anilines is 1. The number of rotatable bonds is 5. The van der Waals surface area contributed by atoms with Crippen molar-refractivity contribution in [1.82, 2.24) is 5.32 Å². The van der Waals surface area contributed by atoms with Crippen LogP contribution in [0.2, 0.25) is 5.02 Å². The Morgan fingerprint density at radius 3 is 2.37 bits per heavy atom. The fourth-order valence-corrected chi connectivity index (χ4v) is 3.38. The molecule has 27 heavy (non-hydrogen) atoms. The minimum absolute atomic E-state index is 0.0570. The van der Waals surface area contributed by atoms with Crippen molar-refractivity contribution < 1.29 is 9.59 Å². The van der Waals surface area contributed by atoms with Crippen molar-refractivity contribution in [3.63, 3.8) is 0 Å². The Bertz CT molecular complexity index is 824. The molecule has 2 aromatic rings. The summed E-state index contributed by atoms with van der Waals surface area (Å²) < 4.78 is 0. The van der Waals surface area contributed by atoms with E-state index in [9.17, 15) is 9.59 Å². The summed E-state index contributed by atoms with van der Waals surface area (Å²) in [4.78, 5) is 24.4. The van der Waals surface area contributed by atoms with Gasteiger partial charge in [0, 0.05) is 28.4 Å². The molecule has 1 aliphatic rings. The topological polar surface area (TPSA) is 58.2 Å². The molecule has 0 bridgehead atoms. The number of hydrogen-bond acceptors (Lipinski definition) is 2. The molecule has 140 valence electrons. The van der Waals surface area contributed by atoms with Gasteiger partial charge in [0.25, 0.3) is 5.91 Å². The van der Waals surface area contributed by atoms with Crippen molar-refractivity contribution >= 4 is 35.2 Å². The molecular formula is C22H23ClN2O2. The van der Waals surface area contributed by atoms with Crippen LogP contribution in [0.1, 0.15) is 48.0 Å². The maximum atomic E-state index is 12.3. The highest BCUT2D eigenvalue weighted by Crippen LogP contribution is 2.19. The monoisotopic (exact) mass is 382 g/mol. The third-order valence-corrected chi connectivity index (χ3v) is 5.02. The van der Waals surface area contributed by atoms with E-state index in [1.54, 1.807) is 36.4 Å². The lowest BCUT2D eigenvalue weighted by Gasteiger charge is -2.22. The molecule has 1 saturated carbocycles. The molecule has 2 amide bonds. The normalized spacial score (nSPS) is 14.9. The molecule has 0 spiro atoms. The van der Waals surface area contributed by atoms with Gasteiger partial charge < -0.3 is 10.6 Å². The molecule has 0 aromatic heterocycles. The van der Waals surface area contributed by atoms with E-state index in [0.29, 0.717) is 16.3 Å². The van der Waals surface area contributed by atoms with Gasteiger partial charge in [0.1, 0.15) is 0 Å². The first kappa shape index (κ1) is 19.2. The fraction of sp³-hybridized carbons (Fsp3) is 0.273. The molecule has 0 heterocycles. The fourth-order valence-electron chi connectivity index (χ4n) is 3.18. The van der Waals surface area contributed by atoms with Gasteiger partial charge in [-0.05, 0) is 54.8 Å². The van der Waals surface area contributed by atoms with Crippen LogP contribution in [0.5, 0.6) is 0 Å². The lowest BCUT2D eigenvalue weighted by atomic mass is 9.95. The van der Waals surface area contributed by atoms with E-state index in [4.69, 9.17) is 11.6 Å². The molecule has 5 heteroatoms. The van der Waals surface area contributed by atoms with Crippen molar-refractivity contribution in [2.45, 2.75) is 38.1 Å². The van der Waals surface area contributed by atoms with Crippen LogP contribution in [0.4, 0.5) is 5.69 Å². The van der Waals surface area contributed by atoms with Gasteiger partial charge in [-0.3, -0.25) is 9.59 Å². The smallest absolute Gasteiger partial charge is 0.251 e. The van der Waals surface area contributed by atoms with Crippen molar-refractivity contribution in [3.8, 4) is 0 Å². The summed E-state index contributed by atoms with van der Waals surface area (Å²) in [6, 6.07) is 14.5. The Morgan fingerprint density at radius 1 is 0.963 bits per heavy atom. The van der Waals surface area contributed by atoms with Gasteiger partial charge in [-0.15, -0.1) is 0 Å². The first-order valence-electron chi connectivity index (χ1n) is 9.26. The lowest BCUT2D eigenvalue weighted by Crippen LogP contribution is -2.36. The number of amides is 2. The maximum Gasteiger partial charge on any atom is 0.251 e. The van der Waals surface area contributed by atoms with Crippen LogP contribution in [-0.4, -0.2) is 17.9 Å². The first-order valence-corrected chi connectivity index (χ1v) is 9.64. The molecule has 4 nitrogen and oxygen atoms in total. The summed E-state index contributed by atoms with van der Waals surface area (Å²) >= 11 is 6.06. The molecule has 0 radical (unpaired) electrons. The predicted octanol–water partition coefficient (Wildman–Crippen LogP) is 5.05. The Kier molecular flexibility index (Phi) is 6.66. The SMILES string of the molecule is O=C(/C=C/c1ccccc1Cl)Nc1ccc(C(=O)NC2CCCCC2)cc1. The van der Waals surface area contributed by atoms with Crippen LogP contribution in [-0.2, 0) is 4.79 Å². The van der Waals surface area contributed by atoms with Crippen LogP contribution in [0.15, 0.2) is 54.6 Å². The number of halogens is 1. The average Bonchev–Trinajstić information content (AvgIpc) is 2.69. The second kappa shape index (κ2) is 9.38. The minimum atomic E-state index is -0.255. The molecule has 2 N–H and O–H groups in total. The Morgan fingerprint density at radius 2 is 1.67 bits per heavy atom. The van der Waals surface area contributed by atoms with Crippen LogP contribution in [0.3, 0.4) is 0 Å². The predicted molar refractivity (Wildman–Crippen MR) is 110 cm³/mol. The van der Waals surface area contributed by atoms with Gasteiger partial charge in [0.15, 0.2) is 0 Å². The van der Waals surface area contributed by atoms with E-state index in [0.717, 1.165) is 18.4 Å². The van der Waals surface area contributed by atoms with E-state index in [2.05, 4.69) is 10.6 Å². The molecule has 1 fully saturated rings. The zero-order valence-electron chi connectivity index (χ0n) is 15.1. The molecule has 0 atom stereocenters.